The highest BCUT2D eigenvalue weighted by molar-refractivity contribution is 8.01. The van der Waals surface area contributed by atoms with E-state index < -0.39 is 0 Å². The normalized spacial score (nSPS) is 10.3. The Labute approximate surface area is 154 Å². The second kappa shape index (κ2) is 10.00. The first-order valence-electron chi connectivity index (χ1n) is 7.80. The number of carbonyl (C=O) groups is 2. The van der Waals surface area contributed by atoms with Crippen LogP contribution in [-0.2, 0) is 9.59 Å². The van der Waals surface area contributed by atoms with Gasteiger partial charge < -0.3 is 15.4 Å². The van der Waals surface area contributed by atoms with Crippen LogP contribution in [0.3, 0.4) is 0 Å². The predicted molar refractivity (Wildman–Crippen MR) is 100 cm³/mol. The molecule has 9 heteroatoms. The standard InChI is InChI=1S/C16H20N4O3S2/c1-3-4-8-13(21)18-15-19-20-16(25-15)24-10-14(22)17-11-6-5-7-12(9-11)23-2/h5-7,9H,3-4,8,10H2,1-2H3,(H,17,22)(H,18,19,21). The molecule has 0 unspecified atom stereocenters. The smallest absolute Gasteiger partial charge is 0.234 e. The molecule has 0 aliphatic heterocycles. The molecule has 2 aromatic rings. The molecule has 1 heterocycles. The molecule has 2 rings (SSSR count). The lowest BCUT2D eigenvalue weighted by Crippen LogP contribution is -2.13. The Kier molecular flexibility index (Phi) is 7.68. The molecule has 0 bridgehead atoms. The topological polar surface area (TPSA) is 93.2 Å². The number of carbonyl (C=O) groups excluding carboxylic acids is 2. The molecule has 0 saturated carbocycles. The van der Waals surface area contributed by atoms with Crippen LogP contribution in [0.1, 0.15) is 26.2 Å². The molecular formula is C16H20N4O3S2. The van der Waals surface area contributed by atoms with Crippen LogP contribution in [0, 0.1) is 0 Å². The zero-order valence-corrected chi connectivity index (χ0v) is 15.7. The first kappa shape index (κ1) is 19.2. The lowest BCUT2D eigenvalue weighted by Gasteiger charge is -2.06. The van der Waals surface area contributed by atoms with E-state index in [2.05, 4.69) is 20.8 Å². The average Bonchev–Trinajstić information content (AvgIpc) is 3.05. The SMILES string of the molecule is CCCCC(=O)Nc1nnc(SCC(=O)Nc2cccc(OC)c2)s1. The molecule has 0 fully saturated rings. The van der Waals surface area contributed by atoms with Crippen molar-refractivity contribution in [2.24, 2.45) is 0 Å². The number of rotatable bonds is 9. The molecule has 1 aromatic carbocycles. The summed E-state index contributed by atoms with van der Waals surface area (Å²) in [6, 6.07) is 7.15. The van der Waals surface area contributed by atoms with Gasteiger partial charge in [-0.05, 0) is 18.6 Å². The van der Waals surface area contributed by atoms with Gasteiger partial charge in [0.15, 0.2) is 4.34 Å². The molecule has 0 aliphatic rings. The summed E-state index contributed by atoms with van der Waals surface area (Å²) in [6.07, 6.45) is 2.28. The van der Waals surface area contributed by atoms with E-state index in [1.165, 1.54) is 23.1 Å². The third-order valence-corrected chi connectivity index (χ3v) is 5.06. The molecule has 2 N–H and O–H groups in total. The second-order valence-electron chi connectivity index (χ2n) is 5.09. The number of aromatic nitrogens is 2. The Balaban J connectivity index is 1.79. The van der Waals surface area contributed by atoms with Gasteiger partial charge in [-0.2, -0.15) is 0 Å². The molecule has 0 atom stereocenters. The maximum Gasteiger partial charge on any atom is 0.234 e. The van der Waals surface area contributed by atoms with Gasteiger partial charge in [-0.1, -0.05) is 42.5 Å². The quantitative estimate of drug-likeness (QED) is 0.511. The van der Waals surface area contributed by atoms with Gasteiger partial charge in [0.1, 0.15) is 5.75 Å². The van der Waals surface area contributed by atoms with Gasteiger partial charge in [0.25, 0.3) is 0 Å². The van der Waals surface area contributed by atoms with E-state index in [0.717, 1.165) is 12.8 Å². The summed E-state index contributed by atoms with van der Waals surface area (Å²) in [7, 11) is 1.57. The molecule has 2 amide bonds. The molecular weight excluding hydrogens is 360 g/mol. The molecule has 7 nitrogen and oxygen atoms in total. The average molecular weight is 380 g/mol. The predicted octanol–water partition coefficient (Wildman–Crippen LogP) is 3.41. The van der Waals surface area contributed by atoms with Crippen LogP contribution in [0.2, 0.25) is 0 Å². The Morgan fingerprint density at radius 3 is 2.84 bits per heavy atom. The van der Waals surface area contributed by atoms with E-state index >= 15 is 0 Å². The summed E-state index contributed by atoms with van der Waals surface area (Å²) in [5, 5.41) is 13.9. The minimum absolute atomic E-state index is 0.0645. The van der Waals surface area contributed by atoms with Crippen LogP contribution in [0.25, 0.3) is 0 Å². The number of benzene rings is 1. The number of unbranched alkanes of at least 4 members (excludes halogenated alkanes) is 1. The van der Waals surface area contributed by atoms with Gasteiger partial charge in [0.2, 0.25) is 16.9 Å². The zero-order chi connectivity index (χ0) is 18.1. The Morgan fingerprint density at radius 2 is 2.08 bits per heavy atom. The number of ether oxygens (including phenoxy) is 1. The van der Waals surface area contributed by atoms with Gasteiger partial charge in [-0.15, -0.1) is 10.2 Å². The van der Waals surface area contributed by atoms with E-state index in [0.29, 0.717) is 27.3 Å². The molecule has 0 spiro atoms. The Hall–Kier alpha value is -2.13. The van der Waals surface area contributed by atoms with Gasteiger partial charge in [-0.25, -0.2) is 0 Å². The van der Waals surface area contributed by atoms with Crippen molar-refractivity contribution in [1.29, 1.82) is 0 Å². The maximum atomic E-state index is 12.0. The summed E-state index contributed by atoms with van der Waals surface area (Å²) >= 11 is 2.53. The van der Waals surface area contributed by atoms with Crippen molar-refractivity contribution in [2.75, 3.05) is 23.5 Å². The fraction of sp³-hybridized carbons (Fsp3) is 0.375. The van der Waals surface area contributed by atoms with Crippen molar-refractivity contribution in [3.63, 3.8) is 0 Å². The van der Waals surface area contributed by atoms with Crippen molar-refractivity contribution < 1.29 is 14.3 Å². The molecule has 0 saturated heterocycles. The third kappa shape index (κ3) is 6.71. The molecule has 25 heavy (non-hydrogen) atoms. The van der Waals surface area contributed by atoms with E-state index in [9.17, 15) is 9.59 Å². The summed E-state index contributed by atoms with van der Waals surface area (Å²) in [5.74, 6) is 0.667. The first-order valence-corrected chi connectivity index (χ1v) is 9.61. The van der Waals surface area contributed by atoms with Crippen LogP contribution >= 0.6 is 23.1 Å². The molecule has 1 aromatic heterocycles. The number of anilines is 2. The number of nitrogens with zero attached hydrogens (tertiary/aromatic N) is 2. The Morgan fingerprint density at radius 1 is 1.24 bits per heavy atom. The van der Waals surface area contributed by atoms with E-state index in [1.807, 2.05) is 13.0 Å². The number of nitrogens with one attached hydrogen (secondary N) is 2. The lowest BCUT2D eigenvalue weighted by molar-refractivity contribution is -0.116. The van der Waals surface area contributed by atoms with Crippen LogP contribution < -0.4 is 15.4 Å². The lowest BCUT2D eigenvalue weighted by atomic mass is 10.2. The van der Waals surface area contributed by atoms with Crippen molar-refractivity contribution in [1.82, 2.24) is 10.2 Å². The van der Waals surface area contributed by atoms with Crippen LogP contribution in [0.15, 0.2) is 28.6 Å². The number of amides is 2. The van der Waals surface area contributed by atoms with Crippen LogP contribution in [0.5, 0.6) is 5.75 Å². The Bertz CT molecular complexity index is 721. The van der Waals surface area contributed by atoms with E-state index in [1.54, 1.807) is 25.3 Å². The summed E-state index contributed by atoms with van der Waals surface area (Å²) in [4.78, 5) is 23.7. The van der Waals surface area contributed by atoms with Gasteiger partial charge in [0, 0.05) is 18.2 Å². The van der Waals surface area contributed by atoms with E-state index in [-0.39, 0.29) is 17.6 Å². The van der Waals surface area contributed by atoms with Crippen molar-refractivity contribution >= 4 is 45.7 Å². The summed E-state index contributed by atoms with van der Waals surface area (Å²) < 4.78 is 5.75. The fourth-order valence-electron chi connectivity index (χ4n) is 1.86. The van der Waals surface area contributed by atoms with Crippen molar-refractivity contribution in [2.45, 2.75) is 30.5 Å². The second-order valence-corrected chi connectivity index (χ2v) is 7.29. The van der Waals surface area contributed by atoms with Crippen LogP contribution in [-0.4, -0.2) is 34.9 Å². The number of hydrogen-bond donors (Lipinski definition) is 2. The molecule has 0 aliphatic carbocycles. The van der Waals surface area contributed by atoms with Gasteiger partial charge >= 0.3 is 0 Å². The van der Waals surface area contributed by atoms with Gasteiger partial charge in [0.05, 0.1) is 12.9 Å². The third-order valence-electron chi connectivity index (χ3n) is 3.09. The largest absolute Gasteiger partial charge is 0.497 e. The first-order chi connectivity index (χ1) is 12.1. The molecule has 0 radical (unpaired) electrons. The monoisotopic (exact) mass is 380 g/mol. The number of hydrogen-bond acceptors (Lipinski definition) is 7. The zero-order valence-electron chi connectivity index (χ0n) is 14.1. The van der Waals surface area contributed by atoms with Crippen LogP contribution in [0.4, 0.5) is 10.8 Å². The summed E-state index contributed by atoms with van der Waals surface area (Å²) in [5.41, 5.74) is 0.672. The van der Waals surface area contributed by atoms with Crippen molar-refractivity contribution in [3.05, 3.63) is 24.3 Å². The highest BCUT2D eigenvalue weighted by atomic mass is 32.2. The minimum Gasteiger partial charge on any atom is -0.497 e. The van der Waals surface area contributed by atoms with Crippen molar-refractivity contribution in [3.8, 4) is 5.75 Å². The highest BCUT2D eigenvalue weighted by Crippen LogP contribution is 2.26. The van der Waals surface area contributed by atoms with E-state index in [4.69, 9.17) is 4.74 Å². The molecule has 134 valence electrons. The fourth-order valence-corrected chi connectivity index (χ4v) is 3.43. The summed E-state index contributed by atoms with van der Waals surface area (Å²) in [6.45, 7) is 2.03. The maximum absolute atomic E-state index is 12.0. The highest BCUT2D eigenvalue weighted by Gasteiger charge is 2.10. The number of thioether (sulfide) groups is 1. The minimum atomic E-state index is -0.151. The van der Waals surface area contributed by atoms with Gasteiger partial charge in [-0.3, -0.25) is 9.59 Å². The number of methoxy groups -OCH3 is 1.